The minimum atomic E-state index is 0.288. The molecule has 3 heterocycles. The highest BCUT2D eigenvalue weighted by molar-refractivity contribution is 5.74. The first-order valence-electron chi connectivity index (χ1n) is 8.12. The van der Waals surface area contributed by atoms with E-state index in [4.69, 9.17) is 14.6 Å². The first-order valence-corrected chi connectivity index (χ1v) is 8.12. The fraction of sp³-hybridized carbons (Fsp3) is 0.211. The summed E-state index contributed by atoms with van der Waals surface area (Å²) in [6, 6.07) is 14.4. The third-order valence-corrected chi connectivity index (χ3v) is 4.58. The standard InChI is InChI=1S/C19H17N3O2/c1-12-2-5-14(6-3-12)22-19-15(8-9-20-19)18(21-22)13-4-7-16-17(10-13)24-11-23-16/h2-7,10,20H,8-9,11H2,1H3. The van der Waals surface area contributed by atoms with Gasteiger partial charge in [-0.2, -0.15) is 5.10 Å². The number of fused-ring (bicyclic) bond motifs is 2. The largest absolute Gasteiger partial charge is 0.454 e. The number of nitrogens with one attached hydrogen (secondary N) is 1. The van der Waals surface area contributed by atoms with Crippen molar-refractivity contribution in [3.8, 4) is 28.4 Å². The monoisotopic (exact) mass is 319 g/mol. The summed E-state index contributed by atoms with van der Waals surface area (Å²) >= 11 is 0. The molecule has 1 N–H and O–H groups in total. The average molecular weight is 319 g/mol. The highest BCUT2D eigenvalue weighted by Crippen LogP contribution is 2.39. The molecule has 0 aliphatic carbocycles. The maximum atomic E-state index is 5.51. The third kappa shape index (κ3) is 1.98. The second kappa shape index (κ2) is 5.03. The molecule has 0 saturated heterocycles. The van der Waals surface area contributed by atoms with E-state index in [1.807, 2.05) is 22.9 Å². The molecule has 0 atom stereocenters. The van der Waals surface area contributed by atoms with Crippen LogP contribution in [0.3, 0.4) is 0 Å². The molecule has 1 aromatic heterocycles. The summed E-state index contributed by atoms with van der Waals surface area (Å²) in [5.41, 5.74) is 5.64. The molecular weight excluding hydrogens is 302 g/mol. The Balaban J connectivity index is 1.65. The molecule has 24 heavy (non-hydrogen) atoms. The van der Waals surface area contributed by atoms with E-state index in [1.165, 1.54) is 11.1 Å². The number of ether oxygens (including phenoxy) is 2. The Kier molecular flexibility index (Phi) is 2.82. The average Bonchev–Trinajstić information content (AvgIpc) is 3.31. The Morgan fingerprint density at radius 3 is 2.75 bits per heavy atom. The van der Waals surface area contributed by atoms with Gasteiger partial charge in [-0.05, 0) is 43.7 Å². The van der Waals surface area contributed by atoms with Crippen LogP contribution in [0.5, 0.6) is 11.5 Å². The SMILES string of the molecule is Cc1ccc(-n2nc(-c3ccc4c(c3)OCO4)c3c2NCC3)cc1. The lowest BCUT2D eigenvalue weighted by atomic mass is 10.1. The number of aromatic nitrogens is 2. The smallest absolute Gasteiger partial charge is 0.231 e. The van der Waals surface area contributed by atoms with Crippen molar-refractivity contribution in [1.29, 1.82) is 0 Å². The van der Waals surface area contributed by atoms with Gasteiger partial charge < -0.3 is 14.8 Å². The minimum absolute atomic E-state index is 0.288. The molecule has 2 aliphatic rings. The normalized spacial score (nSPS) is 14.5. The zero-order chi connectivity index (χ0) is 16.1. The molecule has 3 aromatic rings. The predicted molar refractivity (Wildman–Crippen MR) is 92.1 cm³/mol. The number of aryl methyl sites for hydroxylation is 1. The summed E-state index contributed by atoms with van der Waals surface area (Å²) in [4.78, 5) is 0. The summed E-state index contributed by atoms with van der Waals surface area (Å²) in [5, 5.41) is 8.35. The lowest BCUT2D eigenvalue weighted by Crippen LogP contribution is -2.04. The van der Waals surface area contributed by atoms with Crippen LogP contribution in [0.25, 0.3) is 16.9 Å². The zero-order valence-electron chi connectivity index (χ0n) is 13.4. The van der Waals surface area contributed by atoms with Gasteiger partial charge in [0.05, 0.1) is 11.4 Å². The molecule has 2 aromatic carbocycles. The van der Waals surface area contributed by atoms with Crippen LogP contribution < -0.4 is 14.8 Å². The van der Waals surface area contributed by atoms with Crippen molar-refractivity contribution in [1.82, 2.24) is 9.78 Å². The molecule has 5 heteroatoms. The van der Waals surface area contributed by atoms with Crippen LogP contribution in [0.4, 0.5) is 5.82 Å². The topological polar surface area (TPSA) is 48.3 Å². The van der Waals surface area contributed by atoms with Crippen molar-refractivity contribution in [3.05, 3.63) is 53.6 Å². The highest BCUT2D eigenvalue weighted by atomic mass is 16.7. The van der Waals surface area contributed by atoms with Crippen molar-refractivity contribution < 1.29 is 9.47 Å². The molecule has 0 bridgehead atoms. The van der Waals surface area contributed by atoms with Crippen molar-refractivity contribution >= 4 is 5.82 Å². The van der Waals surface area contributed by atoms with Gasteiger partial charge in [-0.3, -0.25) is 0 Å². The number of hydrogen-bond donors (Lipinski definition) is 1. The molecular formula is C19H17N3O2. The van der Waals surface area contributed by atoms with E-state index in [-0.39, 0.29) is 6.79 Å². The van der Waals surface area contributed by atoms with Crippen LogP contribution in [0.1, 0.15) is 11.1 Å². The van der Waals surface area contributed by atoms with Gasteiger partial charge >= 0.3 is 0 Å². The second-order valence-corrected chi connectivity index (χ2v) is 6.17. The zero-order valence-corrected chi connectivity index (χ0v) is 13.4. The summed E-state index contributed by atoms with van der Waals surface area (Å²) in [5.74, 6) is 2.68. The number of benzene rings is 2. The number of rotatable bonds is 2. The molecule has 0 spiro atoms. The summed E-state index contributed by atoms with van der Waals surface area (Å²) < 4.78 is 12.9. The van der Waals surface area contributed by atoms with Gasteiger partial charge in [0.2, 0.25) is 6.79 Å². The summed E-state index contributed by atoms with van der Waals surface area (Å²) in [7, 11) is 0. The Morgan fingerprint density at radius 2 is 1.88 bits per heavy atom. The molecule has 0 saturated carbocycles. The number of hydrogen-bond acceptors (Lipinski definition) is 4. The maximum Gasteiger partial charge on any atom is 0.231 e. The van der Waals surface area contributed by atoms with Gasteiger partial charge in [0.1, 0.15) is 5.82 Å². The van der Waals surface area contributed by atoms with Crippen LogP contribution in [0.2, 0.25) is 0 Å². The maximum absolute atomic E-state index is 5.51. The Morgan fingerprint density at radius 1 is 1.04 bits per heavy atom. The van der Waals surface area contributed by atoms with Gasteiger partial charge in [0.25, 0.3) is 0 Å². The van der Waals surface area contributed by atoms with E-state index >= 15 is 0 Å². The number of anilines is 1. The quantitative estimate of drug-likeness (QED) is 0.785. The van der Waals surface area contributed by atoms with E-state index in [0.29, 0.717) is 0 Å². The molecule has 0 fully saturated rings. The summed E-state index contributed by atoms with van der Waals surface area (Å²) in [6.45, 7) is 3.32. The molecule has 120 valence electrons. The van der Waals surface area contributed by atoms with Gasteiger partial charge in [-0.1, -0.05) is 17.7 Å². The lowest BCUT2D eigenvalue weighted by molar-refractivity contribution is 0.174. The Bertz CT molecular complexity index is 929. The fourth-order valence-corrected chi connectivity index (χ4v) is 3.32. The van der Waals surface area contributed by atoms with Crippen LogP contribution in [-0.4, -0.2) is 23.1 Å². The highest BCUT2D eigenvalue weighted by Gasteiger charge is 2.25. The van der Waals surface area contributed by atoms with Gasteiger partial charge in [-0.15, -0.1) is 0 Å². The van der Waals surface area contributed by atoms with Crippen LogP contribution in [0, 0.1) is 6.92 Å². The van der Waals surface area contributed by atoms with Gasteiger partial charge in [-0.25, -0.2) is 4.68 Å². The first-order chi connectivity index (χ1) is 11.8. The number of nitrogens with zero attached hydrogens (tertiary/aromatic N) is 2. The van der Waals surface area contributed by atoms with Crippen molar-refractivity contribution in [2.45, 2.75) is 13.3 Å². The molecule has 5 rings (SSSR count). The van der Waals surface area contributed by atoms with Crippen LogP contribution in [0.15, 0.2) is 42.5 Å². The van der Waals surface area contributed by atoms with E-state index in [9.17, 15) is 0 Å². The molecule has 0 radical (unpaired) electrons. The summed E-state index contributed by atoms with van der Waals surface area (Å²) in [6.07, 6.45) is 0.977. The van der Waals surface area contributed by atoms with Gasteiger partial charge in [0.15, 0.2) is 11.5 Å². The van der Waals surface area contributed by atoms with Crippen LogP contribution in [-0.2, 0) is 6.42 Å². The molecule has 0 unspecified atom stereocenters. The van der Waals surface area contributed by atoms with Crippen molar-refractivity contribution in [3.63, 3.8) is 0 Å². The molecule has 5 nitrogen and oxygen atoms in total. The van der Waals surface area contributed by atoms with E-state index in [1.54, 1.807) is 0 Å². The predicted octanol–water partition coefficient (Wildman–Crippen LogP) is 3.54. The Hall–Kier alpha value is -2.95. The lowest BCUT2D eigenvalue weighted by Gasteiger charge is -2.06. The third-order valence-electron chi connectivity index (χ3n) is 4.58. The van der Waals surface area contributed by atoms with Crippen molar-refractivity contribution in [2.24, 2.45) is 0 Å². The van der Waals surface area contributed by atoms with E-state index in [0.717, 1.165) is 47.2 Å². The van der Waals surface area contributed by atoms with Crippen molar-refractivity contribution in [2.75, 3.05) is 18.7 Å². The van der Waals surface area contributed by atoms with E-state index < -0.39 is 0 Å². The Labute approximate surface area is 139 Å². The van der Waals surface area contributed by atoms with Gasteiger partial charge in [0, 0.05) is 17.7 Å². The fourth-order valence-electron chi connectivity index (χ4n) is 3.32. The first kappa shape index (κ1) is 13.5. The molecule has 2 aliphatic heterocycles. The minimum Gasteiger partial charge on any atom is -0.454 e. The van der Waals surface area contributed by atoms with Crippen LogP contribution >= 0.6 is 0 Å². The molecule has 0 amide bonds. The van der Waals surface area contributed by atoms with E-state index in [2.05, 4.69) is 36.5 Å². The second-order valence-electron chi connectivity index (χ2n) is 6.17.